The summed E-state index contributed by atoms with van der Waals surface area (Å²) >= 11 is 0. The van der Waals surface area contributed by atoms with Crippen LogP contribution in [0.4, 0.5) is 11.4 Å². The SMILES string of the molecule is Cc1cccc(CNc2cccc(N(C)C)c2)c1. The number of aryl methyl sites for hydroxylation is 1. The van der Waals surface area contributed by atoms with Crippen molar-refractivity contribution in [2.75, 3.05) is 24.3 Å². The van der Waals surface area contributed by atoms with Gasteiger partial charge in [-0.2, -0.15) is 0 Å². The average Bonchev–Trinajstić information content (AvgIpc) is 2.37. The lowest BCUT2D eigenvalue weighted by molar-refractivity contribution is 1.12. The Hall–Kier alpha value is -1.96. The minimum atomic E-state index is 0.860. The molecule has 2 nitrogen and oxygen atoms in total. The molecule has 0 aliphatic heterocycles. The molecular weight excluding hydrogens is 220 g/mol. The molecule has 2 aromatic carbocycles. The highest BCUT2D eigenvalue weighted by atomic mass is 15.1. The molecule has 1 N–H and O–H groups in total. The largest absolute Gasteiger partial charge is 0.381 e. The molecule has 0 radical (unpaired) electrons. The topological polar surface area (TPSA) is 15.3 Å². The summed E-state index contributed by atoms with van der Waals surface area (Å²) < 4.78 is 0. The predicted octanol–water partition coefficient (Wildman–Crippen LogP) is 3.67. The predicted molar refractivity (Wildman–Crippen MR) is 79.3 cm³/mol. The third-order valence-corrected chi connectivity index (χ3v) is 2.94. The summed E-state index contributed by atoms with van der Waals surface area (Å²) in [5.74, 6) is 0. The highest BCUT2D eigenvalue weighted by Crippen LogP contribution is 2.18. The van der Waals surface area contributed by atoms with Crippen LogP contribution in [0.15, 0.2) is 48.5 Å². The molecule has 0 aliphatic rings. The van der Waals surface area contributed by atoms with Crippen molar-refractivity contribution < 1.29 is 0 Å². The van der Waals surface area contributed by atoms with E-state index in [2.05, 4.69) is 79.8 Å². The maximum atomic E-state index is 3.46. The van der Waals surface area contributed by atoms with Crippen LogP contribution in [0.1, 0.15) is 11.1 Å². The van der Waals surface area contributed by atoms with Gasteiger partial charge in [-0.25, -0.2) is 0 Å². The van der Waals surface area contributed by atoms with Gasteiger partial charge < -0.3 is 10.2 Å². The van der Waals surface area contributed by atoms with Crippen molar-refractivity contribution in [1.82, 2.24) is 0 Å². The van der Waals surface area contributed by atoms with Crippen LogP contribution in [-0.4, -0.2) is 14.1 Å². The van der Waals surface area contributed by atoms with Gasteiger partial charge in [0.05, 0.1) is 0 Å². The van der Waals surface area contributed by atoms with Gasteiger partial charge >= 0.3 is 0 Å². The zero-order valence-corrected chi connectivity index (χ0v) is 11.3. The molecule has 0 atom stereocenters. The highest BCUT2D eigenvalue weighted by Gasteiger charge is 1.98. The molecule has 18 heavy (non-hydrogen) atoms. The molecular formula is C16H20N2. The Bertz CT molecular complexity index is 518. The summed E-state index contributed by atoms with van der Waals surface area (Å²) in [5, 5.41) is 3.46. The minimum Gasteiger partial charge on any atom is -0.381 e. The molecule has 0 aromatic heterocycles. The van der Waals surface area contributed by atoms with Crippen LogP contribution in [0.25, 0.3) is 0 Å². The van der Waals surface area contributed by atoms with Crippen LogP contribution in [0.2, 0.25) is 0 Å². The number of rotatable bonds is 4. The Morgan fingerprint density at radius 3 is 2.50 bits per heavy atom. The first-order valence-corrected chi connectivity index (χ1v) is 6.22. The summed E-state index contributed by atoms with van der Waals surface area (Å²) in [4.78, 5) is 2.11. The van der Waals surface area contributed by atoms with E-state index in [9.17, 15) is 0 Å². The fourth-order valence-corrected chi connectivity index (χ4v) is 1.92. The van der Waals surface area contributed by atoms with Gasteiger partial charge in [-0.3, -0.25) is 0 Å². The molecule has 0 amide bonds. The second kappa shape index (κ2) is 5.58. The van der Waals surface area contributed by atoms with Crippen LogP contribution in [0.3, 0.4) is 0 Å². The third-order valence-electron chi connectivity index (χ3n) is 2.94. The second-order valence-electron chi connectivity index (χ2n) is 4.79. The fraction of sp³-hybridized carbons (Fsp3) is 0.250. The number of benzene rings is 2. The monoisotopic (exact) mass is 240 g/mol. The maximum Gasteiger partial charge on any atom is 0.0400 e. The van der Waals surface area contributed by atoms with Crippen LogP contribution in [0, 0.1) is 6.92 Å². The van der Waals surface area contributed by atoms with E-state index in [1.807, 2.05) is 0 Å². The van der Waals surface area contributed by atoms with Crippen molar-refractivity contribution in [3.63, 3.8) is 0 Å². The fourth-order valence-electron chi connectivity index (χ4n) is 1.92. The molecule has 0 saturated carbocycles. The molecule has 0 unspecified atom stereocenters. The van der Waals surface area contributed by atoms with Crippen LogP contribution < -0.4 is 10.2 Å². The van der Waals surface area contributed by atoms with Crippen molar-refractivity contribution in [1.29, 1.82) is 0 Å². The molecule has 94 valence electrons. The van der Waals surface area contributed by atoms with Crippen molar-refractivity contribution in [3.05, 3.63) is 59.7 Å². The first-order valence-electron chi connectivity index (χ1n) is 6.22. The quantitative estimate of drug-likeness (QED) is 0.877. The van der Waals surface area contributed by atoms with Gasteiger partial charge in [0, 0.05) is 32.0 Å². The van der Waals surface area contributed by atoms with Crippen LogP contribution >= 0.6 is 0 Å². The van der Waals surface area contributed by atoms with Gasteiger partial charge in [0.15, 0.2) is 0 Å². The van der Waals surface area contributed by atoms with Crippen molar-refractivity contribution in [3.8, 4) is 0 Å². The Balaban J connectivity index is 2.04. The number of nitrogens with zero attached hydrogens (tertiary/aromatic N) is 1. The molecule has 0 saturated heterocycles. The number of anilines is 2. The molecule has 2 aromatic rings. The number of hydrogen-bond donors (Lipinski definition) is 1. The first kappa shape index (κ1) is 12.5. The lowest BCUT2D eigenvalue weighted by atomic mass is 10.1. The molecule has 2 heteroatoms. The Kier molecular flexibility index (Phi) is 3.88. The van der Waals surface area contributed by atoms with E-state index in [1.54, 1.807) is 0 Å². The van der Waals surface area contributed by atoms with E-state index in [1.165, 1.54) is 16.8 Å². The van der Waals surface area contributed by atoms with Gasteiger partial charge in [0.2, 0.25) is 0 Å². The highest BCUT2D eigenvalue weighted by molar-refractivity contribution is 5.57. The van der Waals surface area contributed by atoms with Crippen LogP contribution in [0.5, 0.6) is 0 Å². The lowest BCUT2D eigenvalue weighted by Crippen LogP contribution is -2.09. The second-order valence-corrected chi connectivity index (χ2v) is 4.79. The Labute approximate surface area is 109 Å². The average molecular weight is 240 g/mol. The molecule has 0 aliphatic carbocycles. The van der Waals surface area contributed by atoms with Crippen molar-refractivity contribution >= 4 is 11.4 Å². The molecule has 0 heterocycles. The van der Waals surface area contributed by atoms with E-state index in [-0.39, 0.29) is 0 Å². The van der Waals surface area contributed by atoms with Gasteiger partial charge in [-0.15, -0.1) is 0 Å². The Morgan fingerprint density at radius 2 is 1.78 bits per heavy atom. The van der Waals surface area contributed by atoms with E-state index in [4.69, 9.17) is 0 Å². The molecule has 2 rings (SSSR count). The third kappa shape index (κ3) is 3.27. The minimum absolute atomic E-state index is 0.860. The van der Waals surface area contributed by atoms with Crippen LogP contribution in [-0.2, 0) is 6.54 Å². The maximum absolute atomic E-state index is 3.46. The van der Waals surface area contributed by atoms with Gasteiger partial charge in [0.1, 0.15) is 0 Å². The van der Waals surface area contributed by atoms with Gasteiger partial charge in [-0.05, 0) is 30.7 Å². The smallest absolute Gasteiger partial charge is 0.0400 e. The first-order chi connectivity index (χ1) is 8.65. The summed E-state index contributed by atoms with van der Waals surface area (Å²) in [6.45, 7) is 2.98. The van der Waals surface area contributed by atoms with E-state index >= 15 is 0 Å². The summed E-state index contributed by atoms with van der Waals surface area (Å²) in [6.07, 6.45) is 0. The standard InChI is InChI=1S/C16H20N2/c1-13-6-4-7-14(10-13)12-17-15-8-5-9-16(11-15)18(2)3/h4-11,17H,12H2,1-3H3. The van der Waals surface area contributed by atoms with E-state index in [0.29, 0.717) is 0 Å². The summed E-state index contributed by atoms with van der Waals surface area (Å²) in [7, 11) is 4.11. The number of nitrogens with one attached hydrogen (secondary N) is 1. The van der Waals surface area contributed by atoms with Gasteiger partial charge in [-0.1, -0.05) is 35.9 Å². The van der Waals surface area contributed by atoms with Crippen molar-refractivity contribution in [2.45, 2.75) is 13.5 Å². The zero-order chi connectivity index (χ0) is 13.0. The summed E-state index contributed by atoms with van der Waals surface area (Å²) in [6, 6.07) is 17.0. The zero-order valence-electron chi connectivity index (χ0n) is 11.3. The molecule has 0 bridgehead atoms. The summed E-state index contributed by atoms with van der Waals surface area (Å²) in [5.41, 5.74) is 4.98. The molecule has 0 spiro atoms. The number of hydrogen-bond acceptors (Lipinski definition) is 2. The lowest BCUT2D eigenvalue weighted by Gasteiger charge is -2.14. The Morgan fingerprint density at radius 1 is 1.00 bits per heavy atom. The van der Waals surface area contributed by atoms with E-state index in [0.717, 1.165) is 12.2 Å². The van der Waals surface area contributed by atoms with Gasteiger partial charge in [0.25, 0.3) is 0 Å². The normalized spacial score (nSPS) is 10.2. The van der Waals surface area contributed by atoms with Crippen molar-refractivity contribution in [2.24, 2.45) is 0 Å². The molecule has 0 fully saturated rings. The van der Waals surface area contributed by atoms with E-state index < -0.39 is 0 Å².